The van der Waals surface area contributed by atoms with Crippen LogP contribution in [0.15, 0.2) is 23.1 Å². The molecular weight excluding hydrogens is 395 g/mol. The van der Waals surface area contributed by atoms with Crippen molar-refractivity contribution in [2.75, 3.05) is 25.1 Å². The van der Waals surface area contributed by atoms with Crippen molar-refractivity contribution in [1.82, 2.24) is 4.90 Å². The van der Waals surface area contributed by atoms with Gasteiger partial charge in [-0.15, -0.1) is 0 Å². The molecule has 154 valence electrons. The maximum Gasteiger partial charge on any atom is 0.326 e. The highest BCUT2D eigenvalue weighted by Crippen LogP contribution is 2.40. The molecule has 0 radical (unpaired) electrons. The van der Waals surface area contributed by atoms with Crippen molar-refractivity contribution >= 4 is 46.2 Å². The van der Waals surface area contributed by atoms with Crippen LogP contribution in [0.3, 0.4) is 0 Å². The number of esters is 1. The summed E-state index contributed by atoms with van der Waals surface area (Å²) < 4.78 is 19.6. The van der Waals surface area contributed by atoms with E-state index < -0.39 is 29.5 Å². The fourth-order valence-electron chi connectivity index (χ4n) is 3.41. The Labute approximate surface area is 173 Å². The summed E-state index contributed by atoms with van der Waals surface area (Å²) in [6, 6.07) is 3.13. The van der Waals surface area contributed by atoms with Gasteiger partial charge in [-0.05, 0) is 63.2 Å². The van der Waals surface area contributed by atoms with E-state index in [1.54, 1.807) is 13.0 Å². The van der Waals surface area contributed by atoms with Gasteiger partial charge in [0.2, 0.25) is 0 Å². The monoisotopic (exact) mass is 418 g/mol. The summed E-state index contributed by atoms with van der Waals surface area (Å²) in [7, 11) is 1.90. The van der Waals surface area contributed by atoms with Gasteiger partial charge >= 0.3 is 5.97 Å². The normalized spacial score (nSPS) is 19.5. The molecule has 2 heterocycles. The number of carbonyl (C=O) groups is 3. The van der Waals surface area contributed by atoms with E-state index in [9.17, 15) is 18.8 Å². The average Bonchev–Trinajstić information content (AvgIpc) is 2.88. The highest BCUT2D eigenvalue weighted by molar-refractivity contribution is 8.18. The van der Waals surface area contributed by atoms with Crippen LogP contribution in [0.1, 0.15) is 38.8 Å². The standard InChI is InChI=1S/C21H23FN2O4S/c1-6-28-18(25)11-24-19(26)17(29-20(24)27)8-13-7-14-12(2)10-21(3,4)23(5)16(14)9-15(13)22/h7-10H,6,11H2,1-5H3/b17-8-. The number of fused-ring (bicyclic) bond motifs is 1. The van der Waals surface area contributed by atoms with Crippen LogP contribution in [0.4, 0.5) is 14.9 Å². The number of nitrogens with zero attached hydrogens (tertiary/aromatic N) is 2. The number of carbonyl (C=O) groups excluding carboxylic acids is 3. The molecule has 0 aromatic heterocycles. The second-order valence-corrected chi connectivity index (χ2v) is 8.50. The third-order valence-corrected chi connectivity index (χ3v) is 6.00. The molecule has 1 aromatic carbocycles. The number of ether oxygens (including phenoxy) is 1. The Morgan fingerprint density at radius 2 is 2.00 bits per heavy atom. The summed E-state index contributed by atoms with van der Waals surface area (Å²) in [5, 5.41) is -0.578. The number of likely N-dealkylation sites (N-methyl/N-ethyl adjacent to an activating group) is 1. The topological polar surface area (TPSA) is 66.9 Å². The molecule has 8 heteroatoms. The Morgan fingerprint density at radius 3 is 2.66 bits per heavy atom. The third-order valence-electron chi connectivity index (χ3n) is 5.09. The van der Waals surface area contributed by atoms with E-state index in [1.165, 1.54) is 12.1 Å². The molecule has 1 aromatic rings. The van der Waals surface area contributed by atoms with Crippen LogP contribution in [0.2, 0.25) is 0 Å². The number of imide groups is 1. The van der Waals surface area contributed by atoms with Crippen LogP contribution in [0, 0.1) is 5.82 Å². The lowest BCUT2D eigenvalue weighted by atomic mass is 9.88. The Balaban J connectivity index is 1.94. The number of benzene rings is 1. The van der Waals surface area contributed by atoms with E-state index in [0.29, 0.717) is 11.8 Å². The third kappa shape index (κ3) is 3.94. The lowest BCUT2D eigenvalue weighted by Gasteiger charge is -2.40. The zero-order valence-corrected chi connectivity index (χ0v) is 17.9. The second kappa shape index (κ2) is 7.67. The number of amides is 2. The minimum Gasteiger partial charge on any atom is -0.465 e. The fraction of sp³-hybridized carbons (Fsp3) is 0.381. The molecule has 2 aliphatic rings. The van der Waals surface area contributed by atoms with Crippen molar-refractivity contribution in [3.05, 3.63) is 40.1 Å². The predicted octanol–water partition coefficient (Wildman–Crippen LogP) is 4.06. The largest absolute Gasteiger partial charge is 0.465 e. The number of hydrogen-bond acceptors (Lipinski definition) is 6. The van der Waals surface area contributed by atoms with Gasteiger partial charge in [-0.3, -0.25) is 19.3 Å². The molecule has 3 rings (SSSR count). The van der Waals surface area contributed by atoms with Crippen molar-refractivity contribution in [2.24, 2.45) is 0 Å². The summed E-state index contributed by atoms with van der Waals surface area (Å²) >= 11 is 0.683. The Kier molecular flexibility index (Phi) is 5.58. The molecule has 1 fully saturated rings. The number of thioether (sulfide) groups is 1. The molecule has 0 bridgehead atoms. The van der Waals surface area contributed by atoms with E-state index in [2.05, 4.69) is 6.08 Å². The maximum absolute atomic E-state index is 14.8. The minimum absolute atomic E-state index is 0.0734. The van der Waals surface area contributed by atoms with Crippen LogP contribution in [-0.4, -0.2) is 47.8 Å². The zero-order valence-electron chi connectivity index (χ0n) is 17.0. The molecule has 2 amide bonds. The fourth-order valence-corrected chi connectivity index (χ4v) is 4.24. The SMILES string of the molecule is CCOC(=O)CN1C(=O)S/C(=C\c2cc3c(cc2F)N(C)C(C)(C)C=C3C)C1=O. The molecule has 6 nitrogen and oxygen atoms in total. The van der Waals surface area contributed by atoms with Gasteiger partial charge in [0.15, 0.2) is 0 Å². The van der Waals surface area contributed by atoms with E-state index in [-0.39, 0.29) is 22.6 Å². The Bertz CT molecular complexity index is 968. The highest BCUT2D eigenvalue weighted by Gasteiger charge is 2.37. The van der Waals surface area contributed by atoms with Crippen LogP contribution in [-0.2, 0) is 14.3 Å². The van der Waals surface area contributed by atoms with Crippen LogP contribution < -0.4 is 4.90 Å². The lowest BCUT2D eigenvalue weighted by Crippen LogP contribution is -2.42. The molecule has 0 aliphatic carbocycles. The smallest absolute Gasteiger partial charge is 0.326 e. The van der Waals surface area contributed by atoms with Gasteiger partial charge in [0.05, 0.1) is 17.1 Å². The first-order valence-corrected chi connectivity index (χ1v) is 10.0. The summed E-state index contributed by atoms with van der Waals surface area (Å²) in [5.41, 5.74) is 2.60. The van der Waals surface area contributed by atoms with Gasteiger partial charge in [-0.1, -0.05) is 6.08 Å². The quantitative estimate of drug-likeness (QED) is 0.543. The summed E-state index contributed by atoms with van der Waals surface area (Å²) in [5.74, 6) is -1.78. The average molecular weight is 418 g/mol. The molecule has 0 unspecified atom stereocenters. The Hall–Kier alpha value is -2.61. The minimum atomic E-state index is -0.664. The molecule has 1 saturated heterocycles. The van der Waals surface area contributed by atoms with Crippen molar-refractivity contribution in [3.8, 4) is 0 Å². The molecule has 2 aliphatic heterocycles. The molecule has 0 atom stereocenters. The predicted molar refractivity (Wildman–Crippen MR) is 112 cm³/mol. The van der Waals surface area contributed by atoms with Crippen molar-refractivity contribution in [2.45, 2.75) is 33.2 Å². The van der Waals surface area contributed by atoms with Crippen molar-refractivity contribution in [1.29, 1.82) is 0 Å². The number of anilines is 1. The van der Waals surface area contributed by atoms with E-state index in [0.717, 1.165) is 21.7 Å². The maximum atomic E-state index is 14.8. The van der Waals surface area contributed by atoms with Crippen molar-refractivity contribution < 1.29 is 23.5 Å². The second-order valence-electron chi connectivity index (χ2n) is 7.50. The summed E-state index contributed by atoms with van der Waals surface area (Å²) in [4.78, 5) is 39.1. The van der Waals surface area contributed by atoms with E-state index in [4.69, 9.17) is 4.74 Å². The van der Waals surface area contributed by atoms with Gasteiger partial charge in [0.1, 0.15) is 12.4 Å². The molecule has 29 heavy (non-hydrogen) atoms. The van der Waals surface area contributed by atoms with Gasteiger partial charge in [0, 0.05) is 23.9 Å². The zero-order chi connectivity index (χ0) is 21.5. The lowest BCUT2D eigenvalue weighted by molar-refractivity contribution is -0.145. The van der Waals surface area contributed by atoms with E-state index >= 15 is 0 Å². The molecule has 0 saturated carbocycles. The summed E-state index contributed by atoms with van der Waals surface area (Å²) in [6.07, 6.45) is 3.46. The van der Waals surface area contributed by atoms with Crippen LogP contribution >= 0.6 is 11.8 Å². The van der Waals surface area contributed by atoms with Crippen molar-refractivity contribution in [3.63, 3.8) is 0 Å². The molecule has 0 spiro atoms. The van der Waals surface area contributed by atoms with Gasteiger partial charge in [0.25, 0.3) is 11.1 Å². The van der Waals surface area contributed by atoms with Crippen LogP contribution in [0.5, 0.6) is 0 Å². The first-order chi connectivity index (χ1) is 13.5. The molecular formula is C21H23FN2O4S. The first-order valence-electron chi connectivity index (χ1n) is 9.23. The molecule has 0 N–H and O–H groups in total. The number of halogens is 1. The summed E-state index contributed by atoms with van der Waals surface area (Å²) in [6.45, 7) is 7.39. The van der Waals surface area contributed by atoms with Gasteiger partial charge < -0.3 is 9.64 Å². The highest BCUT2D eigenvalue weighted by atomic mass is 32.2. The Morgan fingerprint density at radius 1 is 1.31 bits per heavy atom. The van der Waals surface area contributed by atoms with Crippen LogP contribution in [0.25, 0.3) is 11.6 Å². The number of hydrogen-bond donors (Lipinski definition) is 0. The van der Waals surface area contributed by atoms with Gasteiger partial charge in [-0.25, -0.2) is 4.39 Å². The van der Waals surface area contributed by atoms with E-state index in [1.807, 2.05) is 32.7 Å². The number of allylic oxidation sites excluding steroid dienone is 1. The first kappa shape index (κ1) is 21.1. The van der Waals surface area contributed by atoms with Gasteiger partial charge in [-0.2, -0.15) is 0 Å². The number of rotatable bonds is 4.